The number of fused-ring (bicyclic) bond motifs is 1. The van der Waals surface area contributed by atoms with E-state index >= 15 is 0 Å². The van der Waals surface area contributed by atoms with E-state index in [-0.39, 0.29) is 0 Å². The molecule has 0 saturated carbocycles. The first-order valence-electron chi connectivity index (χ1n) is 6.52. The monoisotopic (exact) mass is 210 g/mol. The minimum Gasteiger partial charge on any atom is -0.296 e. The lowest BCUT2D eigenvalue weighted by atomic mass is 9.87. The third-order valence-corrected chi connectivity index (χ3v) is 3.26. The molecule has 0 aromatic rings. The molecule has 1 N–H and O–H groups in total. The summed E-state index contributed by atoms with van der Waals surface area (Å²) in [4.78, 5) is 4.75. The standard InChI is InChI=1S/C11H20N2.C2H6/c1-8-6-9(2)13-11-10(7-8)4-3-5-12-11;1-2/h8,10-12H,3-7H2,1-2H3;1-2H3. The minimum absolute atomic E-state index is 0.443. The number of hydrogen-bond acceptors (Lipinski definition) is 2. The summed E-state index contributed by atoms with van der Waals surface area (Å²) in [6, 6.07) is 0. The van der Waals surface area contributed by atoms with E-state index in [1.807, 2.05) is 13.8 Å². The molecule has 0 radical (unpaired) electrons. The van der Waals surface area contributed by atoms with Gasteiger partial charge in [0, 0.05) is 5.71 Å². The van der Waals surface area contributed by atoms with Crippen molar-refractivity contribution in [1.82, 2.24) is 5.32 Å². The summed E-state index contributed by atoms with van der Waals surface area (Å²) in [5, 5.41) is 3.52. The van der Waals surface area contributed by atoms with Gasteiger partial charge in [0.15, 0.2) is 0 Å². The van der Waals surface area contributed by atoms with Gasteiger partial charge in [0.1, 0.15) is 6.17 Å². The number of nitrogens with zero attached hydrogens (tertiary/aromatic N) is 1. The Balaban J connectivity index is 0.000000531. The van der Waals surface area contributed by atoms with Gasteiger partial charge in [-0.2, -0.15) is 0 Å². The van der Waals surface area contributed by atoms with Crippen LogP contribution in [0.15, 0.2) is 4.99 Å². The topological polar surface area (TPSA) is 24.4 Å². The molecule has 88 valence electrons. The zero-order valence-corrected chi connectivity index (χ0v) is 10.7. The molecule has 1 fully saturated rings. The number of aliphatic imine (C=N–C) groups is 1. The van der Waals surface area contributed by atoms with Gasteiger partial charge >= 0.3 is 0 Å². The molecule has 3 atom stereocenters. The molecular formula is C13H26N2. The Morgan fingerprint density at radius 2 is 2.07 bits per heavy atom. The molecule has 3 unspecified atom stereocenters. The van der Waals surface area contributed by atoms with E-state index in [0.717, 1.165) is 18.4 Å². The number of piperidine rings is 1. The molecule has 2 aliphatic heterocycles. The highest BCUT2D eigenvalue weighted by Gasteiger charge is 2.28. The summed E-state index contributed by atoms with van der Waals surface area (Å²) in [7, 11) is 0. The van der Waals surface area contributed by atoms with E-state index in [0.29, 0.717) is 6.17 Å². The third kappa shape index (κ3) is 3.60. The molecule has 1 saturated heterocycles. The van der Waals surface area contributed by atoms with Gasteiger partial charge in [0.05, 0.1) is 0 Å². The molecular weight excluding hydrogens is 184 g/mol. The first-order chi connectivity index (χ1) is 7.25. The number of rotatable bonds is 0. The third-order valence-electron chi connectivity index (χ3n) is 3.26. The second kappa shape index (κ2) is 6.26. The van der Waals surface area contributed by atoms with E-state index in [1.165, 1.54) is 31.4 Å². The maximum absolute atomic E-state index is 4.75. The summed E-state index contributed by atoms with van der Waals surface area (Å²) >= 11 is 0. The van der Waals surface area contributed by atoms with Crippen LogP contribution < -0.4 is 5.32 Å². The normalized spacial score (nSPS) is 35.5. The summed E-state index contributed by atoms with van der Waals surface area (Å²) in [5.41, 5.74) is 1.34. The smallest absolute Gasteiger partial charge is 0.102 e. The van der Waals surface area contributed by atoms with Gasteiger partial charge in [-0.1, -0.05) is 20.8 Å². The van der Waals surface area contributed by atoms with Crippen LogP contribution in [0.2, 0.25) is 0 Å². The van der Waals surface area contributed by atoms with Crippen molar-refractivity contribution in [1.29, 1.82) is 0 Å². The Labute approximate surface area is 94.6 Å². The summed E-state index contributed by atoms with van der Waals surface area (Å²) in [5.74, 6) is 1.64. The second-order valence-electron chi connectivity index (χ2n) is 4.71. The van der Waals surface area contributed by atoms with Gasteiger partial charge < -0.3 is 0 Å². The summed E-state index contributed by atoms with van der Waals surface area (Å²) in [6.07, 6.45) is 5.72. The van der Waals surface area contributed by atoms with Crippen LogP contribution in [-0.4, -0.2) is 18.4 Å². The molecule has 0 amide bonds. The predicted octanol–water partition coefficient (Wildman–Crippen LogP) is 3.23. The lowest BCUT2D eigenvalue weighted by molar-refractivity contribution is 0.253. The molecule has 15 heavy (non-hydrogen) atoms. The first kappa shape index (κ1) is 12.7. The largest absolute Gasteiger partial charge is 0.296 e. The number of hydrogen-bond donors (Lipinski definition) is 1. The van der Waals surface area contributed by atoms with Crippen molar-refractivity contribution in [2.24, 2.45) is 16.8 Å². The van der Waals surface area contributed by atoms with Crippen LogP contribution >= 0.6 is 0 Å². The van der Waals surface area contributed by atoms with E-state index in [9.17, 15) is 0 Å². The maximum atomic E-state index is 4.75. The summed E-state index contributed by atoms with van der Waals surface area (Å²) in [6.45, 7) is 9.69. The zero-order valence-electron chi connectivity index (χ0n) is 10.7. The Hall–Kier alpha value is -0.370. The van der Waals surface area contributed by atoms with E-state index in [2.05, 4.69) is 19.2 Å². The second-order valence-corrected chi connectivity index (χ2v) is 4.71. The van der Waals surface area contributed by atoms with Gasteiger partial charge in [-0.25, -0.2) is 0 Å². The van der Waals surface area contributed by atoms with Crippen LogP contribution in [0, 0.1) is 11.8 Å². The van der Waals surface area contributed by atoms with Gasteiger partial charge in [0.25, 0.3) is 0 Å². The maximum Gasteiger partial charge on any atom is 0.102 e. The van der Waals surface area contributed by atoms with Crippen LogP contribution in [0.1, 0.15) is 53.4 Å². The van der Waals surface area contributed by atoms with Gasteiger partial charge in [-0.3, -0.25) is 10.3 Å². The quantitative estimate of drug-likeness (QED) is 0.652. The lowest BCUT2D eigenvalue weighted by Crippen LogP contribution is -2.39. The average Bonchev–Trinajstić information content (AvgIpc) is 2.37. The van der Waals surface area contributed by atoms with E-state index in [4.69, 9.17) is 4.99 Å². The Morgan fingerprint density at radius 1 is 1.33 bits per heavy atom. The van der Waals surface area contributed by atoms with Gasteiger partial charge in [-0.15, -0.1) is 0 Å². The molecule has 0 spiro atoms. The highest BCUT2D eigenvalue weighted by molar-refractivity contribution is 5.82. The number of nitrogens with one attached hydrogen (secondary N) is 1. The average molecular weight is 210 g/mol. The van der Waals surface area contributed by atoms with Crippen LogP contribution in [0.4, 0.5) is 0 Å². The van der Waals surface area contributed by atoms with Crippen molar-refractivity contribution < 1.29 is 0 Å². The molecule has 2 aliphatic rings. The first-order valence-corrected chi connectivity index (χ1v) is 6.52. The van der Waals surface area contributed by atoms with Gasteiger partial charge in [0.2, 0.25) is 0 Å². The van der Waals surface area contributed by atoms with Crippen molar-refractivity contribution in [2.75, 3.05) is 6.54 Å². The van der Waals surface area contributed by atoms with Crippen LogP contribution in [-0.2, 0) is 0 Å². The SMILES string of the molecule is CC.CC1=NC2NCCCC2CC(C)C1. The fraction of sp³-hybridized carbons (Fsp3) is 0.923. The molecule has 0 aromatic heterocycles. The van der Waals surface area contributed by atoms with Crippen molar-refractivity contribution in [3.63, 3.8) is 0 Å². The van der Waals surface area contributed by atoms with E-state index < -0.39 is 0 Å². The molecule has 2 heterocycles. The van der Waals surface area contributed by atoms with Crippen molar-refractivity contribution in [3.05, 3.63) is 0 Å². The minimum atomic E-state index is 0.443. The molecule has 2 heteroatoms. The van der Waals surface area contributed by atoms with Crippen LogP contribution in [0.3, 0.4) is 0 Å². The molecule has 0 aliphatic carbocycles. The van der Waals surface area contributed by atoms with Crippen molar-refractivity contribution >= 4 is 5.71 Å². The van der Waals surface area contributed by atoms with Crippen LogP contribution in [0.5, 0.6) is 0 Å². The fourth-order valence-corrected chi connectivity index (χ4v) is 2.73. The fourth-order valence-electron chi connectivity index (χ4n) is 2.73. The molecule has 0 bridgehead atoms. The van der Waals surface area contributed by atoms with Crippen molar-refractivity contribution in [3.8, 4) is 0 Å². The molecule has 2 nitrogen and oxygen atoms in total. The highest BCUT2D eigenvalue weighted by atomic mass is 15.1. The Bertz CT molecular complexity index is 211. The Kier molecular flexibility index (Phi) is 5.30. The molecule has 2 rings (SSSR count). The van der Waals surface area contributed by atoms with Crippen LogP contribution in [0.25, 0.3) is 0 Å². The summed E-state index contributed by atoms with van der Waals surface area (Å²) < 4.78 is 0. The Morgan fingerprint density at radius 3 is 2.80 bits per heavy atom. The zero-order chi connectivity index (χ0) is 11.3. The van der Waals surface area contributed by atoms with Gasteiger partial charge in [-0.05, 0) is 51.0 Å². The van der Waals surface area contributed by atoms with Crippen molar-refractivity contribution in [2.45, 2.75) is 59.5 Å². The lowest BCUT2D eigenvalue weighted by Gasteiger charge is -2.29. The predicted molar refractivity (Wildman–Crippen MR) is 67.4 cm³/mol. The molecule has 0 aromatic carbocycles. The van der Waals surface area contributed by atoms with E-state index in [1.54, 1.807) is 0 Å². The highest BCUT2D eigenvalue weighted by Crippen LogP contribution is 2.29.